The third kappa shape index (κ3) is 7.59. The summed E-state index contributed by atoms with van der Waals surface area (Å²) in [6.07, 6.45) is -0.599. The number of hydrogen-bond donors (Lipinski definition) is 1. The number of methoxy groups -OCH3 is 2. The minimum atomic E-state index is -0.599. The number of aliphatic hydroxyl groups is 1. The highest BCUT2D eigenvalue weighted by atomic mass is 16.5. The van der Waals surface area contributed by atoms with Crippen molar-refractivity contribution in [2.45, 2.75) is 32.5 Å². The van der Waals surface area contributed by atoms with Crippen LogP contribution in [0.2, 0.25) is 0 Å². The van der Waals surface area contributed by atoms with Crippen LogP contribution in [-0.4, -0.2) is 81.0 Å². The van der Waals surface area contributed by atoms with E-state index in [4.69, 9.17) is 9.47 Å². The summed E-state index contributed by atoms with van der Waals surface area (Å²) in [4.78, 5) is 15.3. The number of hydrogen-bond acceptors (Lipinski definition) is 7. The number of esters is 1. The van der Waals surface area contributed by atoms with E-state index in [1.807, 2.05) is 37.2 Å². The molecule has 1 N–H and O–H groups in total. The maximum absolute atomic E-state index is 11.4. The third-order valence-electron chi connectivity index (χ3n) is 4.12. The molecule has 0 heterocycles. The second-order valence-electron chi connectivity index (χ2n) is 6.73. The Balaban J connectivity index is 2.70. The second kappa shape index (κ2) is 11.0. The van der Waals surface area contributed by atoms with Crippen molar-refractivity contribution in [1.82, 2.24) is 9.80 Å². The van der Waals surface area contributed by atoms with Crippen LogP contribution in [0.25, 0.3) is 0 Å². The summed E-state index contributed by atoms with van der Waals surface area (Å²) in [7, 11) is 6.76. The molecule has 26 heavy (non-hydrogen) atoms. The molecule has 0 radical (unpaired) electrons. The summed E-state index contributed by atoms with van der Waals surface area (Å²) >= 11 is 0. The minimum absolute atomic E-state index is 0.175. The SMILES string of the molecule is COC(=O)CN(C)Cc1ccc(OC)c(OC[C@H](O)CN(C)C(C)C)c1. The van der Waals surface area contributed by atoms with Crippen molar-refractivity contribution in [1.29, 1.82) is 0 Å². The first-order chi connectivity index (χ1) is 12.3. The molecule has 0 amide bonds. The van der Waals surface area contributed by atoms with Crippen molar-refractivity contribution in [2.75, 3.05) is 48.0 Å². The monoisotopic (exact) mass is 368 g/mol. The lowest BCUT2D eigenvalue weighted by Crippen LogP contribution is -2.37. The quantitative estimate of drug-likeness (QED) is 0.592. The molecule has 1 rings (SSSR count). The van der Waals surface area contributed by atoms with Crippen molar-refractivity contribution >= 4 is 5.97 Å². The van der Waals surface area contributed by atoms with Gasteiger partial charge in [0.05, 0.1) is 20.8 Å². The summed E-state index contributed by atoms with van der Waals surface area (Å²) in [6.45, 7) is 5.62. The molecule has 0 bridgehead atoms. The minimum Gasteiger partial charge on any atom is -0.493 e. The molecule has 1 aromatic carbocycles. The zero-order valence-electron chi connectivity index (χ0n) is 16.7. The fourth-order valence-electron chi connectivity index (χ4n) is 2.37. The van der Waals surface area contributed by atoms with Crippen molar-refractivity contribution in [2.24, 2.45) is 0 Å². The Morgan fingerprint density at radius 2 is 1.88 bits per heavy atom. The summed E-state index contributed by atoms with van der Waals surface area (Å²) in [5, 5.41) is 10.2. The number of ether oxygens (including phenoxy) is 3. The van der Waals surface area contributed by atoms with Crippen LogP contribution < -0.4 is 9.47 Å². The van der Waals surface area contributed by atoms with E-state index in [-0.39, 0.29) is 19.1 Å². The van der Waals surface area contributed by atoms with Gasteiger partial charge in [-0.25, -0.2) is 0 Å². The standard InChI is InChI=1S/C19H32N2O5/c1-14(2)21(4)11-16(22)13-26-18-9-15(7-8-17(18)24-5)10-20(3)12-19(23)25-6/h7-9,14,16,22H,10-13H2,1-6H3/t16-/m1/s1. The molecule has 0 fully saturated rings. The van der Waals surface area contributed by atoms with Gasteiger partial charge in [0.2, 0.25) is 0 Å². The average molecular weight is 368 g/mol. The number of rotatable bonds is 11. The lowest BCUT2D eigenvalue weighted by atomic mass is 10.2. The van der Waals surface area contributed by atoms with Gasteiger partial charge in [-0.3, -0.25) is 9.69 Å². The van der Waals surface area contributed by atoms with Gasteiger partial charge in [-0.1, -0.05) is 6.07 Å². The molecule has 0 saturated carbocycles. The maximum atomic E-state index is 11.4. The van der Waals surface area contributed by atoms with E-state index in [9.17, 15) is 9.90 Å². The fraction of sp³-hybridized carbons (Fsp3) is 0.632. The first-order valence-electron chi connectivity index (χ1n) is 8.70. The molecule has 7 nitrogen and oxygen atoms in total. The first kappa shape index (κ1) is 22.2. The smallest absolute Gasteiger partial charge is 0.319 e. The van der Waals surface area contributed by atoms with Crippen LogP contribution >= 0.6 is 0 Å². The van der Waals surface area contributed by atoms with Crippen molar-refractivity contribution < 1.29 is 24.1 Å². The Morgan fingerprint density at radius 3 is 2.46 bits per heavy atom. The molecular formula is C19H32N2O5. The van der Waals surface area contributed by atoms with E-state index in [1.54, 1.807) is 7.11 Å². The molecular weight excluding hydrogens is 336 g/mol. The topological polar surface area (TPSA) is 71.5 Å². The maximum Gasteiger partial charge on any atom is 0.319 e. The molecule has 0 aliphatic heterocycles. The average Bonchev–Trinajstić information content (AvgIpc) is 2.59. The van der Waals surface area contributed by atoms with Gasteiger partial charge in [0.25, 0.3) is 0 Å². The number of nitrogens with zero attached hydrogens (tertiary/aromatic N) is 2. The van der Waals surface area contributed by atoms with Gasteiger partial charge in [0, 0.05) is 19.1 Å². The molecule has 0 aliphatic carbocycles. The van der Waals surface area contributed by atoms with Crippen molar-refractivity contribution in [3.05, 3.63) is 23.8 Å². The van der Waals surface area contributed by atoms with Crippen LogP contribution in [-0.2, 0) is 16.1 Å². The summed E-state index contributed by atoms with van der Waals surface area (Å²) in [6, 6.07) is 5.96. The predicted octanol–water partition coefficient (Wildman–Crippen LogP) is 1.38. The van der Waals surface area contributed by atoms with Gasteiger partial charge in [-0.05, 0) is 45.6 Å². The number of likely N-dealkylation sites (N-methyl/N-ethyl adjacent to an activating group) is 2. The predicted molar refractivity (Wildman–Crippen MR) is 101 cm³/mol. The molecule has 1 aromatic rings. The molecule has 0 spiro atoms. The molecule has 148 valence electrons. The lowest BCUT2D eigenvalue weighted by Gasteiger charge is -2.24. The summed E-state index contributed by atoms with van der Waals surface area (Å²) in [5.74, 6) is 0.895. The first-order valence-corrected chi connectivity index (χ1v) is 8.70. The highest BCUT2D eigenvalue weighted by molar-refractivity contribution is 5.71. The molecule has 7 heteroatoms. The van der Waals surface area contributed by atoms with E-state index < -0.39 is 6.10 Å². The Hall–Kier alpha value is -1.83. The Labute approximate surface area is 156 Å². The second-order valence-corrected chi connectivity index (χ2v) is 6.73. The largest absolute Gasteiger partial charge is 0.493 e. The Morgan fingerprint density at radius 1 is 1.19 bits per heavy atom. The molecule has 0 unspecified atom stereocenters. The van der Waals surface area contributed by atoms with E-state index in [0.29, 0.717) is 30.6 Å². The fourth-order valence-corrected chi connectivity index (χ4v) is 2.37. The van der Waals surface area contributed by atoms with Crippen LogP contribution in [0.4, 0.5) is 0 Å². The van der Waals surface area contributed by atoms with Crippen LogP contribution in [0, 0.1) is 0 Å². The highest BCUT2D eigenvalue weighted by Gasteiger charge is 2.14. The van der Waals surface area contributed by atoms with Crippen LogP contribution in [0.15, 0.2) is 18.2 Å². The van der Waals surface area contributed by atoms with Gasteiger partial charge < -0.3 is 24.2 Å². The molecule has 0 saturated heterocycles. The van der Waals surface area contributed by atoms with Gasteiger partial charge >= 0.3 is 5.97 Å². The normalized spacial score (nSPS) is 12.5. The van der Waals surface area contributed by atoms with Gasteiger partial charge in [0.15, 0.2) is 11.5 Å². The lowest BCUT2D eigenvalue weighted by molar-refractivity contribution is -0.141. The van der Waals surface area contributed by atoms with E-state index in [2.05, 4.69) is 23.5 Å². The number of aliphatic hydroxyl groups excluding tert-OH is 1. The molecule has 0 aliphatic rings. The van der Waals surface area contributed by atoms with Gasteiger partial charge in [-0.2, -0.15) is 0 Å². The van der Waals surface area contributed by atoms with Gasteiger partial charge in [0.1, 0.15) is 12.7 Å². The van der Waals surface area contributed by atoms with E-state index >= 15 is 0 Å². The summed E-state index contributed by atoms with van der Waals surface area (Å²) in [5.41, 5.74) is 0.973. The van der Waals surface area contributed by atoms with Crippen LogP contribution in [0.1, 0.15) is 19.4 Å². The highest BCUT2D eigenvalue weighted by Crippen LogP contribution is 2.28. The van der Waals surface area contributed by atoms with Crippen molar-refractivity contribution in [3.8, 4) is 11.5 Å². The number of carbonyl (C=O) groups is 1. The zero-order valence-corrected chi connectivity index (χ0v) is 16.7. The molecule has 0 aromatic heterocycles. The van der Waals surface area contributed by atoms with Crippen molar-refractivity contribution in [3.63, 3.8) is 0 Å². The summed E-state index contributed by atoms with van der Waals surface area (Å²) < 4.78 is 15.8. The molecule has 1 atom stereocenters. The third-order valence-corrected chi connectivity index (χ3v) is 4.12. The van der Waals surface area contributed by atoms with Crippen LogP contribution in [0.5, 0.6) is 11.5 Å². The van der Waals surface area contributed by atoms with Gasteiger partial charge in [-0.15, -0.1) is 0 Å². The number of carbonyl (C=O) groups excluding carboxylic acids is 1. The van der Waals surface area contributed by atoms with E-state index in [0.717, 1.165) is 5.56 Å². The van der Waals surface area contributed by atoms with E-state index in [1.165, 1.54) is 7.11 Å². The Bertz CT molecular complexity index is 565. The number of benzene rings is 1. The Kier molecular flexibility index (Phi) is 9.40. The van der Waals surface area contributed by atoms with Crippen LogP contribution in [0.3, 0.4) is 0 Å². The zero-order chi connectivity index (χ0) is 19.7.